The van der Waals surface area contributed by atoms with E-state index in [9.17, 15) is 8.42 Å². The molecule has 0 spiro atoms. The molecule has 0 atom stereocenters. The number of nitrogens with one attached hydrogen (secondary N) is 2. The van der Waals surface area contributed by atoms with E-state index in [0.717, 1.165) is 29.3 Å². The van der Waals surface area contributed by atoms with Crippen LogP contribution < -0.4 is 10.0 Å². The molecule has 2 aromatic heterocycles. The second-order valence-corrected chi connectivity index (χ2v) is 8.50. The van der Waals surface area contributed by atoms with Crippen LogP contribution in [0.1, 0.15) is 30.2 Å². The zero-order valence-electron chi connectivity index (χ0n) is 11.9. The molecule has 6 nitrogen and oxygen atoms in total. The Morgan fingerprint density at radius 2 is 2.00 bits per heavy atom. The fourth-order valence-corrected chi connectivity index (χ4v) is 4.82. The summed E-state index contributed by atoms with van der Waals surface area (Å²) in [6.07, 6.45) is 1.79. The first-order chi connectivity index (χ1) is 10.0. The highest BCUT2D eigenvalue weighted by Gasteiger charge is 2.19. The fraction of sp³-hybridized carbons (Fsp3) is 0.500. The van der Waals surface area contributed by atoms with Gasteiger partial charge in [0.1, 0.15) is 9.22 Å². The lowest BCUT2D eigenvalue weighted by atomic mass is 10.4. The average molecular weight is 347 g/mol. The van der Waals surface area contributed by atoms with Gasteiger partial charge >= 0.3 is 0 Å². The van der Waals surface area contributed by atoms with Crippen LogP contribution in [0.25, 0.3) is 0 Å². The summed E-state index contributed by atoms with van der Waals surface area (Å²) in [7, 11) is -3.57. The topological polar surface area (TPSA) is 84.0 Å². The minimum atomic E-state index is -3.57. The molecule has 2 N–H and O–H groups in total. The van der Waals surface area contributed by atoms with Gasteiger partial charge in [-0.05, 0) is 31.5 Å². The number of thiophene rings is 1. The highest BCUT2D eigenvalue weighted by atomic mass is 32.2. The Balaban J connectivity index is 2.05. The first-order valence-corrected chi connectivity index (χ1v) is 9.81. The molecule has 0 amide bonds. The zero-order chi connectivity index (χ0) is 15.3. The molecule has 2 aromatic rings. The molecule has 116 valence electrons. The van der Waals surface area contributed by atoms with Crippen LogP contribution in [0.15, 0.2) is 16.3 Å². The van der Waals surface area contributed by atoms with Gasteiger partial charge in [-0.3, -0.25) is 4.72 Å². The van der Waals surface area contributed by atoms with Gasteiger partial charge in [-0.1, -0.05) is 25.2 Å². The van der Waals surface area contributed by atoms with Crippen molar-refractivity contribution in [2.24, 2.45) is 0 Å². The van der Waals surface area contributed by atoms with Gasteiger partial charge < -0.3 is 5.32 Å². The second kappa shape index (κ2) is 7.30. The molecular weight excluding hydrogens is 328 g/mol. The Kier molecular flexibility index (Phi) is 5.68. The van der Waals surface area contributed by atoms with Gasteiger partial charge in [0.2, 0.25) is 5.13 Å². The fourth-order valence-electron chi connectivity index (χ4n) is 1.59. The van der Waals surface area contributed by atoms with E-state index >= 15 is 0 Å². The summed E-state index contributed by atoms with van der Waals surface area (Å²) in [5.41, 5.74) is 0. The number of hydrogen-bond donors (Lipinski definition) is 2. The highest BCUT2D eigenvalue weighted by molar-refractivity contribution is 7.94. The van der Waals surface area contributed by atoms with Crippen LogP contribution in [-0.4, -0.2) is 25.2 Å². The maximum absolute atomic E-state index is 12.3. The monoisotopic (exact) mass is 346 g/mol. The van der Waals surface area contributed by atoms with E-state index in [1.54, 1.807) is 6.07 Å². The summed E-state index contributed by atoms with van der Waals surface area (Å²) in [6, 6.07) is 3.46. The summed E-state index contributed by atoms with van der Waals surface area (Å²) >= 11 is 2.52. The average Bonchev–Trinajstić information content (AvgIpc) is 3.08. The van der Waals surface area contributed by atoms with Crippen molar-refractivity contribution >= 4 is 37.8 Å². The lowest BCUT2D eigenvalue weighted by Crippen LogP contribution is -2.13. The Morgan fingerprint density at radius 3 is 2.67 bits per heavy atom. The largest absolute Gasteiger partial charge is 0.312 e. The lowest BCUT2D eigenvalue weighted by molar-refractivity contribution is 0.603. The normalized spacial score (nSPS) is 11.7. The van der Waals surface area contributed by atoms with E-state index in [1.165, 1.54) is 22.7 Å². The van der Waals surface area contributed by atoms with Crippen LogP contribution in [-0.2, 0) is 23.0 Å². The number of nitrogens with zero attached hydrogens (tertiary/aromatic N) is 2. The Morgan fingerprint density at radius 1 is 1.19 bits per heavy atom. The summed E-state index contributed by atoms with van der Waals surface area (Å²) < 4.78 is 27.3. The molecule has 0 aliphatic heterocycles. The molecule has 0 fully saturated rings. The molecule has 0 saturated carbocycles. The van der Waals surface area contributed by atoms with Crippen LogP contribution in [0, 0.1) is 0 Å². The molecule has 21 heavy (non-hydrogen) atoms. The number of sulfonamides is 1. The molecule has 0 aliphatic rings. The van der Waals surface area contributed by atoms with Gasteiger partial charge in [-0.25, -0.2) is 8.42 Å². The number of aryl methyl sites for hydroxylation is 1. The van der Waals surface area contributed by atoms with E-state index in [0.29, 0.717) is 15.9 Å². The van der Waals surface area contributed by atoms with Crippen molar-refractivity contribution in [1.82, 2.24) is 15.5 Å². The molecule has 0 unspecified atom stereocenters. The van der Waals surface area contributed by atoms with Gasteiger partial charge in [-0.15, -0.1) is 21.5 Å². The van der Waals surface area contributed by atoms with Gasteiger partial charge in [-0.2, -0.15) is 0 Å². The highest BCUT2D eigenvalue weighted by Crippen LogP contribution is 2.25. The molecule has 2 rings (SSSR count). The third-order valence-electron chi connectivity index (χ3n) is 2.62. The van der Waals surface area contributed by atoms with Crippen molar-refractivity contribution < 1.29 is 8.42 Å². The van der Waals surface area contributed by atoms with Crippen LogP contribution in [0.5, 0.6) is 0 Å². The van der Waals surface area contributed by atoms with Crippen molar-refractivity contribution in [3.05, 3.63) is 22.0 Å². The predicted molar refractivity (Wildman–Crippen MR) is 86.4 cm³/mol. The first-order valence-electron chi connectivity index (χ1n) is 6.69. The minimum Gasteiger partial charge on any atom is -0.312 e. The van der Waals surface area contributed by atoms with E-state index in [-0.39, 0.29) is 0 Å². The van der Waals surface area contributed by atoms with E-state index in [1.807, 2.05) is 13.0 Å². The predicted octanol–water partition coefficient (Wildman–Crippen LogP) is 2.46. The van der Waals surface area contributed by atoms with Crippen molar-refractivity contribution in [2.45, 2.75) is 37.4 Å². The van der Waals surface area contributed by atoms with Crippen molar-refractivity contribution in [1.29, 1.82) is 0 Å². The first kappa shape index (κ1) is 16.3. The van der Waals surface area contributed by atoms with Gasteiger partial charge in [0.05, 0.1) is 0 Å². The molecule has 0 saturated heterocycles. The van der Waals surface area contributed by atoms with Crippen LogP contribution in [0.4, 0.5) is 5.13 Å². The third kappa shape index (κ3) is 4.47. The van der Waals surface area contributed by atoms with Crippen LogP contribution in [0.2, 0.25) is 0 Å². The standard InChI is InChI=1S/C12H18N4O2S3/c1-3-7-13-8-9-5-6-11(19-9)21(17,18)16-12-15-14-10(4-2)20-12/h5-6,13H,3-4,7-8H2,1-2H3,(H,15,16). The minimum absolute atomic E-state index is 0.295. The summed E-state index contributed by atoms with van der Waals surface area (Å²) in [4.78, 5) is 0.996. The number of hydrogen-bond acceptors (Lipinski definition) is 7. The Bertz CT molecular complexity index is 678. The third-order valence-corrected chi connectivity index (χ3v) is 6.65. The smallest absolute Gasteiger partial charge is 0.273 e. The van der Waals surface area contributed by atoms with E-state index in [2.05, 4.69) is 27.2 Å². The van der Waals surface area contributed by atoms with E-state index in [4.69, 9.17) is 0 Å². The number of rotatable bonds is 8. The summed E-state index contributed by atoms with van der Waals surface area (Å²) in [5.74, 6) is 0. The molecule has 9 heteroatoms. The van der Waals surface area contributed by atoms with Crippen LogP contribution in [0.3, 0.4) is 0 Å². The number of anilines is 1. The van der Waals surface area contributed by atoms with Crippen LogP contribution >= 0.6 is 22.7 Å². The molecule has 2 heterocycles. The molecule has 0 radical (unpaired) electrons. The molecule has 0 aliphatic carbocycles. The summed E-state index contributed by atoms with van der Waals surface area (Å²) in [5, 5.41) is 12.1. The summed E-state index contributed by atoms with van der Waals surface area (Å²) in [6.45, 7) is 5.65. The lowest BCUT2D eigenvalue weighted by Gasteiger charge is -2.01. The van der Waals surface area contributed by atoms with E-state index < -0.39 is 10.0 Å². The quantitative estimate of drug-likeness (QED) is 0.717. The Labute approximate surface area is 132 Å². The SMILES string of the molecule is CCCNCc1ccc(S(=O)(=O)Nc2nnc(CC)s2)s1. The second-order valence-electron chi connectivity index (χ2n) is 4.36. The molecular formula is C12H18N4O2S3. The molecule has 0 bridgehead atoms. The van der Waals surface area contributed by atoms with Gasteiger partial charge in [0.15, 0.2) is 0 Å². The Hall–Kier alpha value is -1.03. The molecule has 0 aromatic carbocycles. The van der Waals surface area contributed by atoms with Gasteiger partial charge in [0.25, 0.3) is 10.0 Å². The van der Waals surface area contributed by atoms with Crippen molar-refractivity contribution in [3.63, 3.8) is 0 Å². The maximum atomic E-state index is 12.3. The van der Waals surface area contributed by atoms with Crippen molar-refractivity contribution in [3.8, 4) is 0 Å². The van der Waals surface area contributed by atoms with Crippen molar-refractivity contribution in [2.75, 3.05) is 11.3 Å². The van der Waals surface area contributed by atoms with Gasteiger partial charge in [0, 0.05) is 11.4 Å². The number of aromatic nitrogens is 2. The maximum Gasteiger partial charge on any atom is 0.273 e. The zero-order valence-corrected chi connectivity index (χ0v) is 14.4.